The van der Waals surface area contributed by atoms with Gasteiger partial charge in [0.15, 0.2) is 0 Å². The van der Waals surface area contributed by atoms with E-state index < -0.39 is 0 Å². The summed E-state index contributed by atoms with van der Waals surface area (Å²) in [7, 11) is 0. The quantitative estimate of drug-likeness (QED) is 0.574. The molecule has 4 nitrogen and oxygen atoms in total. The summed E-state index contributed by atoms with van der Waals surface area (Å²) in [6, 6.07) is 24.9. The summed E-state index contributed by atoms with van der Waals surface area (Å²) in [4.78, 5) is 12.0. The van der Waals surface area contributed by atoms with Crippen LogP contribution in [0, 0.1) is 0 Å². The van der Waals surface area contributed by atoms with Gasteiger partial charge in [-0.2, -0.15) is 0 Å². The summed E-state index contributed by atoms with van der Waals surface area (Å²) in [5.74, 6) is 1.17. The van der Waals surface area contributed by atoms with Gasteiger partial charge in [-0.15, -0.1) is 0 Å². The second-order valence-corrected chi connectivity index (χ2v) is 6.71. The molecule has 0 aliphatic carbocycles. The van der Waals surface area contributed by atoms with Gasteiger partial charge in [0.25, 0.3) is 0 Å². The Morgan fingerprint density at radius 2 is 1.46 bits per heavy atom. The van der Waals surface area contributed by atoms with Crippen molar-refractivity contribution in [3.63, 3.8) is 0 Å². The van der Waals surface area contributed by atoms with E-state index in [-0.39, 0.29) is 11.7 Å². The van der Waals surface area contributed by atoms with E-state index in [0.717, 1.165) is 35.3 Å². The SMILES string of the molecule is O=C(CCCc1ccc(O)cc1)NCc1ccc(COc2ccccc2)cc1. The molecular formula is C24H25NO3. The maximum Gasteiger partial charge on any atom is 0.220 e. The molecule has 0 atom stereocenters. The third kappa shape index (κ3) is 6.47. The van der Waals surface area contributed by atoms with Gasteiger partial charge >= 0.3 is 0 Å². The summed E-state index contributed by atoms with van der Waals surface area (Å²) < 4.78 is 5.73. The van der Waals surface area contributed by atoms with Crippen LogP contribution >= 0.6 is 0 Å². The first-order valence-electron chi connectivity index (χ1n) is 9.49. The number of ether oxygens (including phenoxy) is 1. The Balaban J connectivity index is 1.35. The standard InChI is InChI=1S/C24H25NO3/c26-22-15-13-19(14-16-22)5-4-8-24(27)25-17-20-9-11-21(12-10-20)18-28-23-6-2-1-3-7-23/h1-3,6-7,9-16,26H,4-5,8,17-18H2,(H,25,27). The first-order valence-corrected chi connectivity index (χ1v) is 9.49. The van der Waals surface area contributed by atoms with Crippen LogP contribution in [0.15, 0.2) is 78.9 Å². The van der Waals surface area contributed by atoms with Gasteiger partial charge in [-0.3, -0.25) is 4.79 Å². The summed E-state index contributed by atoms with van der Waals surface area (Å²) in [5.41, 5.74) is 3.28. The molecule has 0 heterocycles. The highest BCUT2D eigenvalue weighted by Gasteiger charge is 2.03. The second kappa shape index (κ2) is 10.2. The molecular weight excluding hydrogens is 350 g/mol. The number of rotatable bonds is 9. The predicted octanol–water partition coefficient (Wildman–Crippen LogP) is 4.61. The van der Waals surface area contributed by atoms with Crippen molar-refractivity contribution in [3.8, 4) is 11.5 Å². The molecule has 0 radical (unpaired) electrons. The van der Waals surface area contributed by atoms with Gasteiger partial charge in [0.1, 0.15) is 18.1 Å². The van der Waals surface area contributed by atoms with Gasteiger partial charge < -0.3 is 15.2 Å². The molecule has 3 aromatic carbocycles. The Morgan fingerprint density at radius 3 is 2.18 bits per heavy atom. The highest BCUT2D eigenvalue weighted by molar-refractivity contribution is 5.75. The van der Waals surface area contributed by atoms with E-state index in [1.165, 1.54) is 0 Å². The normalized spacial score (nSPS) is 10.4. The first kappa shape index (κ1) is 19.5. The molecule has 4 heteroatoms. The molecule has 0 aliphatic heterocycles. The molecule has 0 aliphatic rings. The van der Waals surface area contributed by atoms with E-state index in [1.807, 2.05) is 66.7 Å². The highest BCUT2D eigenvalue weighted by atomic mass is 16.5. The number of hydrogen-bond acceptors (Lipinski definition) is 3. The number of phenols is 1. The Kier molecular flexibility index (Phi) is 7.08. The maximum absolute atomic E-state index is 12.0. The van der Waals surface area contributed by atoms with Crippen LogP contribution in [-0.2, 0) is 24.4 Å². The fourth-order valence-corrected chi connectivity index (χ4v) is 2.84. The average Bonchev–Trinajstić information content (AvgIpc) is 2.74. The van der Waals surface area contributed by atoms with Crippen molar-refractivity contribution in [2.75, 3.05) is 0 Å². The predicted molar refractivity (Wildman–Crippen MR) is 110 cm³/mol. The molecule has 3 aromatic rings. The van der Waals surface area contributed by atoms with E-state index in [4.69, 9.17) is 4.74 Å². The smallest absolute Gasteiger partial charge is 0.220 e. The number of carbonyl (C=O) groups excluding carboxylic acids is 1. The zero-order chi connectivity index (χ0) is 19.6. The Hall–Kier alpha value is -3.27. The van der Waals surface area contributed by atoms with E-state index in [2.05, 4.69) is 5.32 Å². The van der Waals surface area contributed by atoms with Crippen LogP contribution in [0.1, 0.15) is 29.5 Å². The molecule has 1 amide bonds. The number of aryl methyl sites for hydroxylation is 1. The molecule has 0 saturated carbocycles. The van der Waals surface area contributed by atoms with E-state index in [9.17, 15) is 9.90 Å². The summed E-state index contributed by atoms with van der Waals surface area (Å²) >= 11 is 0. The fourth-order valence-electron chi connectivity index (χ4n) is 2.84. The number of nitrogens with one attached hydrogen (secondary N) is 1. The Morgan fingerprint density at radius 1 is 0.821 bits per heavy atom. The van der Waals surface area contributed by atoms with Crippen LogP contribution in [0.25, 0.3) is 0 Å². The van der Waals surface area contributed by atoms with Gasteiger partial charge in [0, 0.05) is 13.0 Å². The first-order chi connectivity index (χ1) is 13.7. The second-order valence-electron chi connectivity index (χ2n) is 6.71. The lowest BCUT2D eigenvalue weighted by Crippen LogP contribution is -2.22. The van der Waals surface area contributed by atoms with Crippen molar-refractivity contribution in [2.24, 2.45) is 0 Å². The zero-order valence-electron chi connectivity index (χ0n) is 15.8. The van der Waals surface area contributed by atoms with Crippen LogP contribution in [0.4, 0.5) is 0 Å². The van der Waals surface area contributed by atoms with Crippen LogP contribution < -0.4 is 10.1 Å². The highest BCUT2D eigenvalue weighted by Crippen LogP contribution is 2.13. The minimum Gasteiger partial charge on any atom is -0.508 e. The largest absolute Gasteiger partial charge is 0.508 e. The van der Waals surface area contributed by atoms with Crippen LogP contribution in [0.3, 0.4) is 0 Å². The maximum atomic E-state index is 12.0. The fraction of sp³-hybridized carbons (Fsp3) is 0.208. The zero-order valence-corrected chi connectivity index (χ0v) is 15.8. The number of carbonyl (C=O) groups is 1. The lowest BCUT2D eigenvalue weighted by molar-refractivity contribution is -0.121. The lowest BCUT2D eigenvalue weighted by atomic mass is 10.1. The van der Waals surface area contributed by atoms with Crippen molar-refractivity contribution in [3.05, 3.63) is 95.6 Å². The summed E-state index contributed by atoms with van der Waals surface area (Å²) in [6.07, 6.45) is 2.10. The van der Waals surface area contributed by atoms with E-state index in [1.54, 1.807) is 12.1 Å². The molecule has 0 bridgehead atoms. The molecule has 3 rings (SSSR count). The molecule has 0 saturated heterocycles. The molecule has 28 heavy (non-hydrogen) atoms. The average molecular weight is 375 g/mol. The van der Waals surface area contributed by atoms with Gasteiger partial charge in [0.2, 0.25) is 5.91 Å². The molecule has 144 valence electrons. The Labute approximate surface area is 165 Å². The van der Waals surface area contributed by atoms with Crippen molar-refractivity contribution in [2.45, 2.75) is 32.4 Å². The third-order valence-electron chi connectivity index (χ3n) is 4.47. The minimum absolute atomic E-state index is 0.0512. The minimum atomic E-state index is 0.0512. The topological polar surface area (TPSA) is 58.6 Å². The van der Waals surface area contributed by atoms with Gasteiger partial charge in [-0.05, 0) is 53.8 Å². The monoisotopic (exact) mass is 375 g/mol. The van der Waals surface area contributed by atoms with E-state index >= 15 is 0 Å². The molecule has 0 spiro atoms. The number of aromatic hydroxyl groups is 1. The number of phenolic OH excluding ortho intramolecular Hbond substituents is 1. The molecule has 0 fully saturated rings. The van der Waals surface area contributed by atoms with Crippen LogP contribution in [0.5, 0.6) is 11.5 Å². The van der Waals surface area contributed by atoms with Gasteiger partial charge in [-0.1, -0.05) is 54.6 Å². The summed E-state index contributed by atoms with van der Waals surface area (Å²) in [5, 5.41) is 12.2. The number of benzene rings is 3. The van der Waals surface area contributed by atoms with Gasteiger partial charge in [-0.25, -0.2) is 0 Å². The Bertz CT molecular complexity index is 859. The van der Waals surface area contributed by atoms with Crippen molar-refractivity contribution in [1.82, 2.24) is 5.32 Å². The number of amides is 1. The third-order valence-corrected chi connectivity index (χ3v) is 4.47. The molecule has 2 N–H and O–H groups in total. The van der Waals surface area contributed by atoms with Crippen LogP contribution in [-0.4, -0.2) is 11.0 Å². The van der Waals surface area contributed by atoms with Gasteiger partial charge in [0.05, 0.1) is 0 Å². The summed E-state index contributed by atoms with van der Waals surface area (Å²) in [6.45, 7) is 1.05. The lowest BCUT2D eigenvalue weighted by Gasteiger charge is -2.08. The molecule has 0 unspecified atom stereocenters. The van der Waals surface area contributed by atoms with E-state index in [0.29, 0.717) is 19.6 Å². The molecule has 0 aromatic heterocycles. The number of para-hydroxylation sites is 1. The van der Waals surface area contributed by atoms with Crippen molar-refractivity contribution >= 4 is 5.91 Å². The van der Waals surface area contributed by atoms with Crippen LogP contribution in [0.2, 0.25) is 0 Å². The van der Waals surface area contributed by atoms with Crippen molar-refractivity contribution < 1.29 is 14.6 Å². The number of hydrogen-bond donors (Lipinski definition) is 2. The van der Waals surface area contributed by atoms with Crippen molar-refractivity contribution in [1.29, 1.82) is 0 Å².